The summed E-state index contributed by atoms with van der Waals surface area (Å²) in [5, 5.41) is 11.5. The van der Waals surface area contributed by atoms with Crippen molar-refractivity contribution in [2.24, 2.45) is 0 Å². The fourth-order valence-corrected chi connectivity index (χ4v) is 3.93. The quantitative estimate of drug-likeness (QED) is 0.380. The number of aryl methyl sites for hydroxylation is 1. The van der Waals surface area contributed by atoms with E-state index < -0.39 is 17.7 Å². The Hall–Kier alpha value is -3.44. The zero-order valence-electron chi connectivity index (χ0n) is 16.2. The zero-order valence-corrected chi connectivity index (χ0v) is 17.0. The number of aliphatic hydroxyl groups excluding tert-OH is 1. The molecule has 1 fully saturated rings. The molecule has 1 N–H and O–H groups in total. The maximum Gasteiger partial charge on any atom is 0.295 e. The molecule has 1 unspecified atom stereocenters. The number of Topliss-reactive ketones (excluding diaryl/α,β-unsaturated/α-hetero) is 1. The van der Waals surface area contributed by atoms with Gasteiger partial charge in [0.1, 0.15) is 5.76 Å². The van der Waals surface area contributed by atoms with Gasteiger partial charge in [-0.3, -0.25) is 14.6 Å². The molecule has 1 amide bonds. The molecule has 0 bridgehead atoms. The molecule has 30 heavy (non-hydrogen) atoms. The number of aromatic nitrogens is 1. The number of rotatable bonds is 4. The van der Waals surface area contributed by atoms with E-state index in [-0.39, 0.29) is 17.9 Å². The minimum absolute atomic E-state index is 0.0560. The second kappa shape index (κ2) is 8.13. The molecular weight excluding hydrogens is 400 g/mol. The maximum atomic E-state index is 13.0. The Balaban J connectivity index is 1.90. The van der Waals surface area contributed by atoms with E-state index in [2.05, 4.69) is 4.98 Å². The summed E-state index contributed by atoms with van der Waals surface area (Å²) in [7, 11) is 0. The van der Waals surface area contributed by atoms with Gasteiger partial charge in [0.15, 0.2) is 0 Å². The molecule has 0 aliphatic carbocycles. The van der Waals surface area contributed by atoms with Crippen LogP contribution < -0.4 is 0 Å². The van der Waals surface area contributed by atoms with Gasteiger partial charge in [-0.05, 0) is 41.8 Å². The largest absolute Gasteiger partial charge is 0.507 e. The highest BCUT2D eigenvalue weighted by Gasteiger charge is 2.46. The van der Waals surface area contributed by atoms with Crippen LogP contribution >= 0.6 is 11.6 Å². The van der Waals surface area contributed by atoms with Crippen molar-refractivity contribution >= 4 is 29.1 Å². The lowest BCUT2D eigenvalue weighted by molar-refractivity contribution is -0.140. The molecule has 5 nitrogen and oxygen atoms in total. The lowest BCUT2D eigenvalue weighted by Gasteiger charge is -2.26. The molecule has 2 aromatic carbocycles. The van der Waals surface area contributed by atoms with Crippen LogP contribution in [0.15, 0.2) is 78.6 Å². The highest BCUT2D eigenvalue weighted by Crippen LogP contribution is 2.41. The number of ketones is 1. The smallest absolute Gasteiger partial charge is 0.295 e. The van der Waals surface area contributed by atoms with Gasteiger partial charge in [-0.15, -0.1) is 0 Å². The number of benzene rings is 2. The Morgan fingerprint density at radius 3 is 2.60 bits per heavy atom. The topological polar surface area (TPSA) is 70.5 Å². The van der Waals surface area contributed by atoms with Gasteiger partial charge < -0.3 is 10.0 Å². The number of carbonyl (C=O) groups excluding carboxylic acids is 2. The summed E-state index contributed by atoms with van der Waals surface area (Å²) in [5.41, 5.74) is 2.93. The Labute approximate surface area is 179 Å². The number of likely N-dealkylation sites (tertiary alicyclic amines) is 1. The number of hydrogen-bond donors (Lipinski definition) is 1. The first kappa shape index (κ1) is 19.9. The summed E-state index contributed by atoms with van der Waals surface area (Å²) in [6.45, 7) is 2.11. The normalized spacial score (nSPS) is 18.1. The SMILES string of the molecule is Cc1ccccc1C1/C(=C(\O)c2cccc(Cl)c2)C(=O)C(=O)N1Cc1cccnc1. The molecule has 1 aliphatic heterocycles. The first-order chi connectivity index (χ1) is 14.5. The number of amides is 1. The average molecular weight is 419 g/mol. The van der Waals surface area contributed by atoms with E-state index >= 15 is 0 Å². The molecule has 6 heteroatoms. The minimum atomic E-state index is -0.718. The van der Waals surface area contributed by atoms with Crippen LogP contribution in [0.1, 0.15) is 28.3 Å². The van der Waals surface area contributed by atoms with E-state index in [0.29, 0.717) is 10.6 Å². The Morgan fingerprint density at radius 2 is 1.90 bits per heavy atom. The van der Waals surface area contributed by atoms with Crippen LogP contribution in [0.25, 0.3) is 5.76 Å². The summed E-state index contributed by atoms with van der Waals surface area (Å²) in [5.74, 6) is -1.61. The molecule has 1 aromatic heterocycles. The van der Waals surface area contributed by atoms with Crippen molar-refractivity contribution in [1.82, 2.24) is 9.88 Å². The van der Waals surface area contributed by atoms with Gasteiger partial charge >= 0.3 is 0 Å². The van der Waals surface area contributed by atoms with Crippen LogP contribution in [0.5, 0.6) is 0 Å². The number of carbonyl (C=O) groups is 2. The highest BCUT2D eigenvalue weighted by molar-refractivity contribution is 6.46. The summed E-state index contributed by atoms with van der Waals surface area (Å²) >= 11 is 6.07. The third-order valence-corrected chi connectivity index (χ3v) is 5.43. The van der Waals surface area contributed by atoms with Crippen LogP contribution in [0.3, 0.4) is 0 Å². The second-order valence-corrected chi connectivity index (χ2v) is 7.59. The van der Waals surface area contributed by atoms with Gasteiger partial charge in [-0.1, -0.05) is 54.1 Å². The average Bonchev–Trinajstić information content (AvgIpc) is 2.99. The lowest BCUT2D eigenvalue weighted by Crippen LogP contribution is -2.29. The lowest BCUT2D eigenvalue weighted by atomic mass is 9.92. The fraction of sp³-hybridized carbons (Fsp3) is 0.125. The van der Waals surface area contributed by atoms with Gasteiger partial charge in [0.2, 0.25) is 0 Å². The molecule has 150 valence electrons. The van der Waals surface area contributed by atoms with E-state index in [0.717, 1.165) is 16.7 Å². The maximum absolute atomic E-state index is 13.0. The van der Waals surface area contributed by atoms with Crippen LogP contribution in [0.2, 0.25) is 5.02 Å². The summed E-state index contributed by atoms with van der Waals surface area (Å²) in [4.78, 5) is 31.6. The molecule has 1 aliphatic rings. The van der Waals surface area contributed by atoms with Crippen molar-refractivity contribution < 1.29 is 14.7 Å². The second-order valence-electron chi connectivity index (χ2n) is 7.16. The number of hydrogen-bond acceptors (Lipinski definition) is 4. The summed E-state index contributed by atoms with van der Waals surface area (Å²) in [6, 6.07) is 17.0. The molecule has 0 saturated carbocycles. The van der Waals surface area contributed by atoms with Gasteiger partial charge in [0, 0.05) is 29.5 Å². The molecule has 0 radical (unpaired) electrons. The van der Waals surface area contributed by atoms with Crippen molar-refractivity contribution in [1.29, 1.82) is 0 Å². The molecule has 0 spiro atoms. The molecule has 3 aromatic rings. The summed E-state index contributed by atoms with van der Waals surface area (Å²) < 4.78 is 0. The number of nitrogens with zero attached hydrogens (tertiary/aromatic N) is 2. The number of halogens is 1. The molecule has 4 rings (SSSR count). The van der Waals surface area contributed by atoms with E-state index in [9.17, 15) is 14.7 Å². The monoisotopic (exact) mass is 418 g/mol. The number of pyridine rings is 1. The summed E-state index contributed by atoms with van der Waals surface area (Å²) in [6.07, 6.45) is 3.31. The highest BCUT2D eigenvalue weighted by atomic mass is 35.5. The van der Waals surface area contributed by atoms with Crippen molar-refractivity contribution in [3.05, 3.63) is 106 Å². The van der Waals surface area contributed by atoms with Crippen LogP contribution in [-0.2, 0) is 16.1 Å². The number of aliphatic hydroxyl groups is 1. The standard InChI is InChI=1S/C24H19ClN2O3/c1-15-6-2-3-10-19(15)21-20(22(28)17-8-4-9-18(25)12-17)23(29)24(30)27(21)14-16-7-5-11-26-13-16/h2-13,21,28H,14H2,1H3/b22-20+. The molecule has 1 atom stereocenters. The molecular formula is C24H19ClN2O3. The van der Waals surface area contributed by atoms with Crippen LogP contribution in [0.4, 0.5) is 0 Å². The predicted octanol–water partition coefficient (Wildman–Crippen LogP) is 4.67. The van der Waals surface area contributed by atoms with E-state index in [4.69, 9.17) is 11.6 Å². The van der Waals surface area contributed by atoms with Crippen LogP contribution in [0, 0.1) is 6.92 Å². The van der Waals surface area contributed by atoms with Gasteiger partial charge in [-0.25, -0.2) is 0 Å². The third-order valence-electron chi connectivity index (χ3n) is 5.20. The molecule has 2 heterocycles. The first-order valence-corrected chi connectivity index (χ1v) is 9.84. The van der Waals surface area contributed by atoms with Crippen LogP contribution in [-0.4, -0.2) is 26.7 Å². The zero-order chi connectivity index (χ0) is 21.3. The van der Waals surface area contributed by atoms with E-state index in [1.54, 1.807) is 42.7 Å². The predicted molar refractivity (Wildman–Crippen MR) is 115 cm³/mol. The Bertz CT molecular complexity index is 1160. The first-order valence-electron chi connectivity index (χ1n) is 9.46. The Morgan fingerprint density at radius 1 is 1.10 bits per heavy atom. The third kappa shape index (κ3) is 3.60. The van der Waals surface area contributed by atoms with Crippen molar-refractivity contribution in [3.63, 3.8) is 0 Å². The van der Waals surface area contributed by atoms with Crippen molar-refractivity contribution in [2.75, 3.05) is 0 Å². The van der Waals surface area contributed by atoms with Gasteiger partial charge in [-0.2, -0.15) is 0 Å². The van der Waals surface area contributed by atoms with E-state index in [1.807, 2.05) is 37.3 Å². The van der Waals surface area contributed by atoms with Crippen molar-refractivity contribution in [3.8, 4) is 0 Å². The fourth-order valence-electron chi connectivity index (χ4n) is 3.74. The molecule has 1 saturated heterocycles. The van der Waals surface area contributed by atoms with Crippen molar-refractivity contribution in [2.45, 2.75) is 19.5 Å². The minimum Gasteiger partial charge on any atom is -0.507 e. The van der Waals surface area contributed by atoms with E-state index in [1.165, 1.54) is 4.90 Å². The Kier molecular flexibility index (Phi) is 5.38. The van der Waals surface area contributed by atoms with Gasteiger partial charge in [0.05, 0.1) is 11.6 Å². The van der Waals surface area contributed by atoms with Gasteiger partial charge in [0.25, 0.3) is 11.7 Å².